The van der Waals surface area contributed by atoms with Crippen molar-refractivity contribution in [2.75, 3.05) is 13.2 Å². The summed E-state index contributed by atoms with van der Waals surface area (Å²) < 4.78 is 7.01. The quantitative estimate of drug-likeness (QED) is 0.810. The van der Waals surface area contributed by atoms with Crippen LogP contribution in [0, 0.1) is 5.41 Å². The largest absolute Gasteiger partial charge is 0.444 e. The topological polar surface area (TPSA) is 76.4 Å². The van der Waals surface area contributed by atoms with Gasteiger partial charge in [0.2, 0.25) is 0 Å². The highest BCUT2D eigenvalue weighted by molar-refractivity contribution is 5.67. The maximum atomic E-state index is 11.8. The number of rotatable bonds is 7. The highest BCUT2D eigenvalue weighted by Crippen LogP contribution is 2.27. The van der Waals surface area contributed by atoms with Crippen molar-refractivity contribution in [3.8, 4) is 0 Å². The Balaban J connectivity index is 2.56. The van der Waals surface area contributed by atoms with E-state index in [-0.39, 0.29) is 12.0 Å². The van der Waals surface area contributed by atoms with Crippen LogP contribution in [-0.4, -0.2) is 39.7 Å². The second kappa shape index (κ2) is 7.63. The van der Waals surface area contributed by atoms with Gasteiger partial charge in [-0.15, -0.1) is 0 Å². The van der Waals surface area contributed by atoms with Gasteiger partial charge in [0.15, 0.2) is 0 Å². The first-order valence-electron chi connectivity index (χ1n) is 7.75. The van der Waals surface area contributed by atoms with Crippen molar-refractivity contribution < 1.29 is 14.6 Å². The molecule has 2 N–H and O–H groups in total. The van der Waals surface area contributed by atoms with Crippen LogP contribution in [0.5, 0.6) is 0 Å². The molecule has 1 heterocycles. The number of ether oxygens (including phenoxy) is 1. The SMILES string of the molecule is CCC(CO)(CCc1cnn(C)c1)CNC(=O)OC(C)(C)C. The summed E-state index contributed by atoms with van der Waals surface area (Å²) in [7, 11) is 1.88. The lowest BCUT2D eigenvalue weighted by Gasteiger charge is -2.31. The second-order valence-corrected chi connectivity index (χ2v) is 6.89. The lowest BCUT2D eigenvalue weighted by Crippen LogP contribution is -2.42. The first-order valence-corrected chi connectivity index (χ1v) is 7.75. The van der Waals surface area contributed by atoms with Crippen molar-refractivity contribution in [2.45, 2.75) is 52.6 Å². The Morgan fingerprint density at radius 2 is 2.14 bits per heavy atom. The molecule has 0 aromatic carbocycles. The molecular formula is C16H29N3O3. The summed E-state index contributed by atoms with van der Waals surface area (Å²) >= 11 is 0. The Bertz CT molecular complexity index is 473. The molecular weight excluding hydrogens is 282 g/mol. The maximum absolute atomic E-state index is 11.8. The van der Waals surface area contributed by atoms with Crippen molar-refractivity contribution >= 4 is 6.09 Å². The minimum Gasteiger partial charge on any atom is -0.444 e. The van der Waals surface area contributed by atoms with Crippen molar-refractivity contribution in [2.24, 2.45) is 12.5 Å². The van der Waals surface area contributed by atoms with E-state index >= 15 is 0 Å². The fourth-order valence-corrected chi connectivity index (χ4v) is 2.22. The molecule has 1 rings (SSSR count). The molecule has 0 spiro atoms. The summed E-state index contributed by atoms with van der Waals surface area (Å²) in [6, 6.07) is 0. The average molecular weight is 311 g/mol. The third-order valence-corrected chi connectivity index (χ3v) is 3.79. The number of aryl methyl sites for hydroxylation is 2. The number of hydrogen-bond acceptors (Lipinski definition) is 4. The molecule has 0 saturated carbocycles. The summed E-state index contributed by atoms with van der Waals surface area (Å²) in [6.07, 6.45) is 5.73. The van der Waals surface area contributed by atoms with E-state index in [1.165, 1.54) is 0 Å². The van der Waals surface area contributed by atoms with Gasteiger partial charge in [0.1, 0.15) is 5.60 Å². The minimum absolute atomic E-state index is 0.0273. The van der Waals surface area contributed by atoms with Gasteiger partial charge in [-0.1, -0.05) is 6.92 Å². The number of carbonyl (C=O) groups is 1. The van der Waals surface area contributed by atoms with Gasteiger partial charge in [-0.25, -0.2) is 4.79 Å². The number of aliphatic hydroxyl groups is 1. The third kappa shape index (κ3) is 6.05. The summed E-state index contributed by atoms with van der Waals surface area (Å²) in [6.45, 7) is 7.93. The summed E-state index contributed by atoms with van der Waals surface area (Å²) in [5.74, 6) is 0. The second-order valence-electron chi connectivity index (χ2n) is 6.89. The zero-order chi connectivity index (χ0) is 16.8. The molecule has 1 atom stereocenters. The number of nitrogens with one attached hydrogen (secondary N) is 1. The highest BCUT2D eigenvalue weighted by atomic mass is 16.6. The number of alkyl carbamates (subject to hydrolysis) is 1. The fourth-order valence-electron chi connectivity index (χ4n) is 2.22. The number of aliphatic hydroxyl groups excluding tert-OH is 1. The lowest BCUT2D eigenvalue weighted by molar-refractivity contribution is 0.0452. The van der Waals surface area contributed by atoms with Crippen molar-refractivity contribution in [1.82, 2.24) is 15.1 Å². The van der Waals surface area contributed by atoms with E-state index in [0.717, 1.165) is 24.8 Å². The Morgan fingerprint density at radius 3 is 2.59 bits per heavy atom. The normalized spacial score (nSPS) is 14.5. The third-order valence-electron chi connectivity index (χ3n) is 3.79. The van der Waals surface area contributed by atoms with E-state index in [9.17, 15) is 9.90 Å². The molecule has 0 aliphatic carbocycles. The van der Waals surface area contributed by atoms with Gasteiger partial charge in [0.25, 0.3) is 0 Å². The zero-order valence-electron chi connectivity index (χ0n) is 14.3. The van der Waals surface area contributed by atoms with E-state index in [2.05, 4.69) is 10.4 Å². The molecule has 1 amide bonds. The summed E-state index contributed by atoms with van der Waals surface area (Å²) in [5.41, 5.74) is 0.270. The standard InChI is InChI=1S/C16H29N3O3/c1-6-16(12-20,8-7-13-9-18-19(5)10-13)11-17-14(21)22-15(2,3)4/h9-10,20H,6-8,11-12H2,1-5H3,(H,17,21). The van der Waals surface area contributed by atoms with E-state index in [0.29, 0.717) is 6.54 Å². The number of amides is 1. The molecule has 0 aliphatic heterocycles. The molecule has 1 unspecified atom stereocenters. The van der Waals surface area contributed by atoms with Crippen LogP contribution in [0.15, 0.2) is 12.4 Å². The van der Waals surface area contributed by atoms with Crippen molar-refractivity contribution in [1.29, 1.82) is 0 Å². The summed E-state index contributed by atoms with van der Waals surface area (Å²) in [5, 5.41) is 16.7. The molecule has 0 fully saturated rings. The molecule has 0 bridgehead atoms. The van der Waals surface area contributed by atoms with Crippen LogP contribution < -0.4 is 5.32 Å². The van der Waals surface area contributed by atoms with Crippen LogP contribution in [0.3, 0.4) is 0 Å². The number of aromatic nitrogens is 2. The highest BCUT2D eigenvalue weighted by Gasteiger charge is 2.29. The van der Waals surface area contributed by atoms with Crippen LogP contribution in [0.4, 0.5) is 4.79 Å². The van der Waals surface area contributed by atoms with Gasteiger partial charge in [0.05, 0.1) is 12.8 Å². The van der Waals surface area contributed by atoms with Crippen LogP contribution in [0.1, 0.15) is 46.1 Å². The Kier molecular flexibility index (Phi) is 6.41. The van der Waals surface area contributed by atoms with E-state index in [1.807, 2.05) is 47.1 Å². The van der Waals surface area contributed by atoms with Gasteiger partial charge in [0, 0.05) is 25.2 Å². The van der Waals surface area contributed by atoms with Crippen LogP contribution in [-0.2, 0) is 18.2 Å². The molecule has 126 valence electrons. The monoisotopic (exact) mass is 311 g/mol. The molecule has 1 aromatic rings. The predicted molar refractivity (Wildman–Crippen MR) is 85.6 cm³/mol. The average Bonchev–Trinajstić information content (AvgIpc) is 2.84. The molecule has 0 saturated heterocycles. The van der Waals surface area contributed by atoms with Gasteiger partial charge in [-0.3, -0.25) is 4.68 Å². The smallest absolute Gasteiger partial charge is 0.407 e. The van der Waals surface area contributed by atoms with Crippen LogP contribution in [0.25, 0.3) is 0 Å². The van der Waals surface area contributed by atoms with Crippen LogP contribution >= 0.6 is 0 Å². The number of nitrogens with zero attached hydrogens (tertiary/aromatic N) is 2. The van der Waals surface area contributed by atoms with Gasteiger partial charge in [-0.2, -0.15) is 5.10 Å². The van der Waals surface area contributed by atoms with Gasteiger partial charge in [-0.05, 0) is 45.6 Å². The van der Waals surface area contributed by atoms with E-state index in [4.69, 9.17) is 4.74 Å². The predicted octanol–water partition coefficient (Wildman–Crippen LogP) is 2.27. The zero-order valence-corrected chi connectivity index (χ0v) is 14.3. The van der Waals surface area contributed by atoms with Crippen LogP contribution in [0.2, 0.25) is 0 Å². The molecule has 22 heavy (non-hydrogen) atoms. The minimum atomic E-state index is -0.520. The van der Waals surface area contributed by atoms with Gasteiger partial charge < -0.3 is 15.2 Å². The van der Waals surface area contributed by atoms with E-state index in [1.54, 1.807) is 4.68 Å². The number of carbonyl (C=O) groups excluding carboxylic acids is 1. The Labute approximate surface area is 132 Å². The molecule has 0 aliphatic rings. The molecule has 6 heteroatoms. The summed E-state index contributed by atoms with van der Waals surface area (Å²) in [4.78, 5) is 11.8. The first-order chi connectivity index (χ1) is 10.2. The van der Waals surface area contributed by atoms with Gasteiger partial charge >= 0.3 is 6.09 Å². The lowest BCUT2D eigenvalue weighted by atomic mass is 9.80. The maximum Gasteiger partial charge on any atom is 0.407 e. The van der Waals surface area contributed by atoms with E-state index < -0.39 is 11.7 Å². The van der Waals surface area contributed by atoms with Crippen molar-refractivity contribution in [3.05, 3.63) is 18.0 Å². The Morgan fingerprint density at radius 1 is 1.45 bits per heavy atom. The fraction of sp³-hybridized carbons (Fsp3) is 0.750. The molecule has 6 nitrogen and oxygen atoms in total. The molecule has 0 radical (unpaired) electrons. The molecule has 1 aromatic heterocycles. The number of hydrogen-bond donors (Lipinski definition) is 2. The Hall–Kier alpha value is -1.56. The van der Waals surface area contributed by atoms with Crippen molar-refractivity contribution in [3.63, 3.8) is 0 Å². The first kappa shape index (κ1) is 18.5.